The smallest absolute Gasteiger partial charge is 0.146 e. The fourth-order valence-electron chi connectivity index (χ4n) is 2.30. The second-order valence-electron chi connectivity index (χ2n) is 5.44. The highest BCUT2D eigenvalue weighted by molar-refractivity contribution is 7.99. The number of hydrogen-bond acceptors (Lipinski definition) is 3. The molecule has 1 aliphatic heterocycles. The van der Waals surface area contributed by atoms with Crippen molar-refractivity contribution in [2.75, 3.05) is 23.0 Å². The molecule has 2 nitrogen and oxygen atoms in total. The van der Waals surface area contributed by atoms with Gasteiger partial charge in [-0.3, -0.25) is 0 Å². The van der Waals surface area contributed by atoms with Crippen LogP contribution in [0.3, 0.4) is 0 Å². The third-order valence-electron chi connectivity index (χ3n) is 3.40. The van der Waals surface area contributed by atoms with Gasteiger partial charge in [0.15, 0.2) is 0 Å². The van der Waals surface area contributed by atoms with Crippen LogP contribution in [0, 0.1) is 5.82 Å². The number of benzene rings is 1. The summed E-state index contributed by atoms with van der Waals surface area (Å²) in [5, 5.41) is 3.31. The molecule has 1 aromatic carbocycles. The maximum Gasteiger partial charge on any atom is 0.146 e. The lowest BCUT2D eigenvalue weighted by Crippen LogP contribution is -2.40. The van der Waals surface area contributed by atoms with Crippen LogP contribution >= 0.6 is 11.8 Å². The van der Waals surface area contributed by atoms with E-state index >= 15 is 0 Å². The van der Waals surface area contributed by atoms with Crippen molar-refractivity contribution in [2.24, 2.45) is 0 Å². The fraction of sp³-hybridized carbons (Fsp3) is 0.600. The Hall–Kier alpha value is -0.740. The summed E-state index contributed by atoms with van der Waals surface area (Å²) in [5.74, 6) is 2.07. The largest absolute Gasteiger partial charge is 0.365 e. The van der Waals surface area contributed by atoms with E-state index in [4.69, 9.17) is 0 Å². The maximum atomic E-state index is 14.3. The van der Waals surface area contributed by atoms with Gasteiger partial charge >= 0.3 is 0 Å². The maximum absolute atomic E-state index is 14.3. The molecule has 19 heavy (non-hydrogen) atoms. The fourth-order valence-corrected chi connectivity index (χ4v) is 3.31. The van der Waals surface area contributed by atoms with E-state index in [1.165, 1.54) is 0 Å². The first-order valence-corrected chi connectivity index (χ1v) is 8.09. The summed E-state index contributed by atoms with van der Waals surface area (Å²) >= 11 is 1.95. The van der Waals surface area contributed by atoms with Crippen LogP contribution in [0.4, 0.5) is 10.1 Å². The number of anilines is 1. The van der Waals surface area contributed by atoms with Gasteiger partial charge in [-0.1, -0.05) is 19.9 Å². The average Bonchev–Trinajstić information content (AvgIpc) is 2.38. The van der Waals surface area contributed by atoms with Gasteiger partial charge in [-0.25, -0.2) is 4.39 Å². The predicted molar refractivity (Wildman–Crippen MR) is 82.5 cm³/mol. The van der Waals surface area contributed by atoms with E-state index in [1.807, 2.05) is 23.9 Å². The van der Waals surface area contributed by atoms with Crippen molar-refractivity contribution in [3.8, 4) is 0 Å². The van der Waals surface area contributed by atoms with Gasteiger partial charge in [0.2, 0.25) is 0 Å². The molecule has 1 atom stereocenters. The van der Waals surface area contributed by atoms with E-state index in [-0.39, 0.29) is 5.82 Å². The van der Waals surface area contributed by atoms with E-state index < -0.39 is 0 Å². The molecule has 1 fully saturated rings. The van der Waals surface area contributed by atoms with Crippen LogP contribution in [-0.4, -0.2) is 30.1 Å². The minimum absolute atomic E-state index is 0.0955. The Morgan fingerprint density at radius 2 is 2.26 bits per heavy atom. The molecule has 0 aromatic heterocycles. The normalized spacial score (nSPS) is 20.1. The topological polar surface area (TPSA) is 15.3 Å². The summed E-state index contributed by atoms with van der Waals surface area (Å²) in [6.07, 6.45) is 0. The third-order valence-corrected chi connectivity index (χ3v) is 4.59. The van der Waals surface area contributed by atoms with Gasteiger partial charge in [0, 0.05) is 36.7 Å². The van der Waals surface area contributed by atoms with Crippen molar-refractivity contribution in [3.63, 3.8) is 0 Å². The number of nitrogens with one attached hydrogen (secondary N) is 1. The molecule has 1 N–H and O–H groups in total. The Balaban J connectivity index is 2.10. The second kappa shape index (κ2) is 6.62. The lowest BCUT2D eigenvalue weighted by atomic mass is 10.1. The molecule has 1 unspecified atom stereocenters. The molecule has 0 saturated carbocycles. The van der Waals surface area contributed by atoms with Crippen molar-refractivity contribution in [3.05, 3.63) is 29.6 Å². The van der Waals surface area contributed by atoms with Crippen LogP contribution < -0.4 is 10.2 Å². The molecule has 0 aliphatic carbocycles. The van der Waals surface area contributed by atoms with Gasteiger partial charge in [-0.05, 0) is 24.6 Å². The monoisotopic (exact) mass is 282 g/mol. The zero-order valence-corrected chi connectivity index (χ0v) is 12.8. The minimum Gasteiger partial charge on any atom is -0.365 e. The van der Waals surface area contributed by atoms with Crippen molar-refractivity contribution < 1.29 is 4.39 Å². The van der Waals surface area contributed by atoms with Crippen LogP contribution in [0.2, 0.25) is 0 Å². The molecular formula is C15H23FN2S. The second-order valence-corrected chi connectivity index (χ2v) is 6.59. The Kier molecular flexibility index (Phi) is 5.11. The molecule has 1 aliphatic rings. The third kappa shape index (κ3) is 3.86. The number of halogens is 1. The molecule has 0 spiro atoms. The Morgan fingerprint density at radius 1 is 1.47 bits per heavy atom. The molecule has 0 bridgehead atoms. The van der Waals surface area contributed by atoms with Crippen molar-refractivity contribution >= 4 is 17.4 Å². The molecule has 2 rings (SSSR count). The molecule has 4 heteroatoms. The quantitative estimate of drug-likeness (QED) is 0.912. The highest BCUT2D eigenvalue weighted by atomic mass is 32.2. The SMILES string of the molecule is CC(C)NCc1ccc(N2CCSCC2C)c(F)c1. The van der Waals surface area contributed by atoms with Crippen molar-refractivity contribution in [1.82, 2.24) is 5.32 Å². The summed E-state index contributed by atoms with van der Waals surface area (Å²) < 4.78 is 14.3. The van der Waals surface area contributed by atoms with E-state index in [2.05, 4.69) is 31.0 Å². The number of thioether (sulfide) groups is 1. The van der Waals surface area contributed by atoms with E-state index in [9.17, 15) is 4.39 Å². The van der Waals surface area contributed by atoms with Gasteiger partial charge in [0.25, 0.3) is 0 Å². The first kappa shape index (κ1) is 14.7. The van der Waals surface area contributed by atoms with Crippen LogP contribution in [0.1, 0.15) is 26.3 Å². The zero-order chi connectivity index (χ0) is 13.8. The van der Waals surface area contributed by atoms with E-state index in [0.717, 1.165) is 35.8 Å². The van der Waals surface area contributed by atoms with Gasteiger partial charge in [0.05, 0.1) is 5.69 Å². The molecule has 0 radical (unpaired) electrons. The summed E-state index contributed by atoms with van der Waals surface area (Å²) in [4.78, 5) is 2.19. The van der Waals surface area contributed by atoms with Crippen LogP contribution in [0.5, 0.6) is 0 Å². The van der Waals surface area contributed by atoms with Gasteiger partial charge in [0.1, 0.15) is 5.82 Å². The summed E-state index contributed by atoms with van der Waals surface area (Å²) in [6, 6.07) is 6.45. The first-order valence-electron chi connectivity index (χ1n) is 6.94. The summed E-state index contributed by atoms with van der Waals surface area (Å²) in [6.45, 7) is 8.02. The van der Waals surface area contributed by atoms with Crippen LogP contribution in [0.25, 0.3) is 0 Å². The predicted octanol–water partition coefficient (Wildman–Crippen LogP) is 3.27. The Morgan fingerprint density at radius 3 is 2.89 bits per heavy atom. The lowest BCUT2D eigenvalue weighted by Gasteiger charge is -2.35. The highest BCUT2D eigenvalue weighted by Crippen LogP contribution is 2.27. The van der Waals surface area contributed by atoms with Gasteiger partial charge in [-0.15, -0.1) is 0 Å². The highest BCUT2D eigenvalue weighted by Gasteiger charge is 2.21. The molecule has 1 aromatic rings. The molecular weight excluding hydrogens is 259 g/mol. The molecule has 106 valence electrons. The van der Waals surface area contributed by atoms with Crippen molar-refractivity contribution in [2.45, 2.75) is 39.4 Å². The number of rotatable bonds is 4. The first-order chi connectivity index (χ1) is 9.08. The standard InChI is InChI=1S/C15H23FN2S/c1-11(2)17-9-13-4-5-15(14(16)8-13)18-6-7-19-10-12(18)3/h4-5,8,11-12,17H,6-7,9-10H2,1-3H3. The van der Waals surface area contributed by atoms with Crippen LogP contribution in [-0.2, 0) is 6.54 Å². The Labute approximate surface area is 119 Å². The zero-order valence-electron chi connectivity index (χ0n) is 11.9. The molecule has 1 heterocycles. The van der Waals surface area contributed by atoms with E-state index in [1.54, 1.807) is 6.07 Å². The van der Waals surface area contributed by atoms with E-state index in [0.29, 0.717) is 12.1 Å². The molecule has 1 saturated heterocycles. The van der Waals surface area contributed by atoms with Gasteiger partial charge < -0.3 is 10.2 Å². The summed E-state index contributed by atoms with van der Waals surface area (Å²) in [5.41, 5.74) is 1.76. The average molecular weight is 282 g/mol. The Bertz CT molecular complexity index is 423. The minimum atomic E-state index is -0.0955. The number of nitrogens with zero attached hydrogens (tertiary/aromatic N) is 1. The van der Waals surface area contributed by atoms with Gasteiger partial charge in [-0.2, -0.15) is 11.8 Å². The summed E-state index contributed by atoms with van der Waals surface area (Å²) in [7, 11) is 0. The number of hydrogen-bond donors (Lipinski definition) is 1. The molecule has 0 amide bonds. The van der Waals surface area contributed by atoms with Crippen LogP contribution in [0.15, 0.2) is 18.2 Å². The lowest BCUT2D eigenvalue weighted by molar-refractivity contribution is 0.577. The van der Waals surface area contributed by atoms with Crippen molar-refractivity contribution in [1.29, 1.82) is 0 Å².